The van der Waals surface area contributed by atoms with Crippen molar-refractivity contribution in [3.8, 4) is 5.75 Å². The number of halogens is 1. The number of nitrogens with one attached hydrogen (secondary N) is 2. The van der Waals surface area contributed by atoms with E-state index >= 15 is 0 Å². The Hall–Kier alpha value is -2.34. The molecule has 0 unspecified atom stereocenters. The van der Waals surface area contributed by atoms with Gasteiger partial charge in [0.25, 0.3) is 0 Å². The van der Waals surface area contributed by atoms with Crippen molar-refractivity contribution in [2.75, 3.05) is 17.7 Å². The molecule has 2 N–H and O–H groups in total. The molecule has 0 atom stereocenters. The van der Waals surface area contributed by atoms with E-state index in [-0.39, 0.29) is 18.2 Å². The molecule has 0 fully saturated rings. The van der Waals surface area contributed by atoms with Crippen molar-refractivity contribution in [1.82, 2.24) is 0 Å². The summed E-state index contributed by atoms with van der Waals surface area (Å²) in [6.45, 7) is 1.93. The molecule has 0 aliphatic rings. The van der Waals surface area contributed by atoms with E-state index in [1.54, 1.807) is 37.4 Å². The average Bonchev–Trinajstić information content (AvgIpc) is 2.51. The third-order valence-corrected chi connectivity index (χ3v) is 4.03. The third-order valence-electron chi connectivity index (χ3n) is 3.14. The highest BCUT2D eigenvalue weighted by Gasteiger charge is 2.10. The van der Waals surface area contributed by atoms with E-state index < -0.39 is 0 Å². The molecule has 2 aromatic carbocycles. The smallest absolute Gasteiger partial charge is 0.233 e. The number of carbonyl (C=O) groups is 2. The molecule has 5 nitrogen and oxygen atoms in total. The molecule has 2 aromatic rings. The fourth-order valence-corrected chi connectivity index (χ4v) is 2.20. The first-order valence-corrected chi connectivity index (χ1v) is 7.77. The molecule has 0 aromatic heterocycles. The first kappa shape index (κ1) is 17.0. The van der Waals surface area contributed by atoms with E-state index in [1.165, 1.54) is 0 Å². The number of carbonyl (C=O) groups excluding carboxylic acids is 2. The van der Waals surface area contributed by atoms with E-state index in [4.69, 9.17) is 4.74 Å². The number of rotatable bonds is 5. The summed E-state index contributed by atoms with van der Waals surface area (Å²) in [5, 5.41) is 5.37. The number of ether oxygens (including phenoxy) is 1. The van der Waals surface area contributed by atoms with E-state index in [1.807, 2.05) is 19.1 Å². The van der Waals surface area contributed by atoms with Crippen LogP contribution in [-0.2, 0) is 9.59 Å². The molecule has 0 bridgehead atoms. The topological polar surface area (TPSA) is 67.4 Å². The predicted molar refractivity (Wildman–Crippen MR) is 93.7 cm³/mol. The van der Waals surface area contributed by atoms with Crippen molar-refractivity contribution >= 4 is 39.1 Å². The number of amides is 2. The Bertz CT molecular complexity index is 714. The van der Waals surface area contributed by atoms with Crippen LogP contribution in [0.5, 0.6) is 5.75 Å². The Morgan fingerprint density at radius 3 is 2.13 bits per heavy atom. The zero-order valence-electron chi connectivity index (χ0n) is 12.9. The van der Waals surface area contributed by atoms with Gasteiger partial charge in [0, 0.05) is 15.8 Å². The fraction of sp³-hybridized carbons (Fsp3) is 0.176. The van der Waals surface area contributed by atoms with Gasteiger partial charge in [0.2, 0.25) is 11.8 Å². The van der Waals surface area contributed by atoms with Gasteiger partial charge < -0.3 is 15.4 Å². The zero-order valence-corrected chi connectivity index (χ0v) is 14.4. The van der Waals surface area contributed by atoms with Crippen LogP contribution in [0.1, 0.15) is 12.0 Å². The average molecular weight is 377 g/mol. The lowest BCUT2D eigenvalue weighted by Gasteiger charge is -2.08. The molecule has 0 heterocycles. The molecule has 0 radical (unpaired) electrons. The summed E-state index contributed by atoms with van der Waals surface area (Å²) >= 11 is 3.40. The molecule has 0 aliphatic heterocycles. The summed E-state index contributed by atoms with van der Waals surface area (Å²) in [5.41, 5.74) is 2.28. The van der Waals surface area contributed by atoms with Crippen LogP contribution >= 0.6 is 15.9 Å². The molecular weight excluding hydrogens is 360 g/mol. The highest BCUT2D eigenvalue weighted by atomic mass is 79.9. The van der Waals surface area contributed by atoms with Gasteiger partial charge in [-0.05, 0) is 55.0 Å². The second-order valence-corrected chi connectivity index (χ2v) is 5.82. The van der Waals surface area contributed by atoms with Crippen LogP contribution in [0.25, 0.3) is 0 Å². The number of hydrogen-bond donors (Lipinski definition) is 2. The van der Waals surface area contributed by atoms with Crippen LogP contribution < -0.4 is 15.4 Å². The van der Waals surface area contributed by atoms with Crippen molar-refractivity contribution < 1.29 is 14.3 Å². The SMILES string of the molecule is COc1ccc(NC(=O)CC(=O)Nc2ccc(Br)c(C)c2)cc1. The molecule has 23 heavy (non-hydrogen) atoms. The number of anilines is 2. The number of aryl methyl sites for hydroxylation is 1. The molecule has 0 aliphatic carbocycles. The molecule has 0 saturated carbocycles. The van der Waals surface area contributed by atoms with Gasteiger partial charge in [-0.15, -0.1) is 0 Å². The standard InChI is InChI=1S/C17H17BrN2O3/c1-11-9-13(5-8-15(11)18)20-17(22)10-16(21)19-12-3-6-14(23-2)7-4-12/h3-9H,10H2,1-2H3,(H,19,21)(H,20,22). The van der Waals surface area contributed by atoms with E-state index in [2.05, 4.69) is 26.6 Å². The minimum atomic E-state index is -0.374. The summed E-state index contributed by atoms with van der Waals surface area (Å²) in [6, 6.07) is 12.4. The zero-order chi connectivity index (χ0) is 16.8. The van der Waals surface area contributed by atoms with Crippen molar-refractivity contribution in [1.29, 1.82) is 0 Å². The van der Waals surface area contributed by atoms with Gasteiger partial charge in [0.05, 0.1) is 7.11 Å². The second-order valence-electron chi connectivity index (χ2n) is 4.97. The van der Waals surface area contributed by atoms with Gasteiger partial charge in [-0.25, -0.2) is 0 Å². The van der Waals surface area contributed by atoms with E-state index in [0.717, 1.165) is 10.0 Å². The lowest BCUT2D eigenvalue weighted by Crippen LogP contribution is -2.21. The maximum Gasteiger partial charge on any atom is 0.233 e. The molecule has 6 heteroatoms. The highest BCUT2D eigenvalue weighted by Crippen LogP contribution is 2.20. The summed E-state index contributed by atoms with van der Waals surface area (Å²) in [4.78, 5) is 23.8. The summed E-state index contributed by atoms with van der Waals surface area (Å²) < 4.78 is 6.01. The quantitative estimate of drug-likeness (QED) is 0.781. The Morgan fingerprint density at radius 2 is 1.57 bits per heavy atom. The van der Waals surface area contributed by atoms with Crippen LogP contribution in [0.2, 0.25) is 0 Å². The molecular formula is C17H17BrN2O3. The normalized spacial score (nSPS) is 10.0. The van der Waals surface area contributed by atoms with Gasteiger partial charge in [-0.3, -0.25) is 9.59 Å². The lowest BCUT2D eigenvalue weighted by molar-refractivity contribution is -0.123. The molecule has 120 valence electrons. The third kappa shape index (κ3) is 5.10. The first-order valence-electron chi connectivity index (χ1n) is 6.98. The Balaban J connectivity index is 1.88. The summed E-state index contributed by atoms with van der Waals surface area (Å²) in [7, 11) is 1.57. The van der Waals surface area contributed by atoms with Gasteiger partial charge >= 0.3 is 0 Å². The second kappa shape index (κ2) is 7.78. The maximum atomic E-state index is 11.9. The van der Waals surface area contributed by atoms with Gasteiger partial charge in [-0.2, -0.15) is 0 Å². The van der Waals surface area contributed by atoms with Crippen molar-refractivity contribution in [3.63, 3.8) is 0 Å². The minimum Gasteiger partial charge on any atom is -0.497 e. The number of hydrogen-bond acceptors (Lipinski definition) is 3. The Kier molecular flexibility index (Phi) is 5.76. The van der Waals surface area contributed by atoms with Crippen LogP contribution in [-0.4, -0.2) is 18.9 Å². The van der Waals surface area contributed by atoms with Crippen LogP contribution in [0.3, 0.4) is 0 Å². The van der Waals surface area contributed by atoms with Crippen molar-refractivity contribution in [2.24, 2.45) is 0 Å². The predicted octanol–water partition coefficient (Wildman–Crippen LogP) is 3.73. The monoisotopic (exact) mass is 376 g/mol. The highest BCUT2D eigenvalue weighted by molar-refractivity contribution is 9.10. The largest absolute Gasteiger partial charge is 0.497 e. The van der Waals surface area contributed by atoms with Crippen molar-refractivity contribution in [3.05, 3.63) is 52.5 Å². The van der Waals surface area contributed by atoms with E-state index in [0.29, 0.717) is 17.1 Å². The molecule has 2 amide bonds. The minimum absolute atomic E-state index is 0.249. The summed E-state index contributed by atoms with van der Waals surface area (Å²) in [6.07, 6.45) is -0.249. The molecule has 0 saturated heterocycles. The van der Waals surface area contributed by atoms with Gasteiger partial charge in [0.1, 0.15) is 12.2 Å². The van der Waals surface area contributed by atoms with Crippen molar-refractivity contribution in [2.45, 2.75) is 13.3 Å². The Labute approximate surface area is 143 Å². The lowest BCUT2D eigenvalue weighted by atomic mass is 10.2. The van der Waals surface area contributed by atoms with Crippen LogP contribution in [0, 0.1) is 6.92 Å². The summed E-state index contributed by atoms with van der Waals surface area (Å²) in [5.74, 6) is -0.0365. The van der Waals surface area contributed by atoms with Crippen LogP contribution in [0.4, 0.5) is 11.4 Å². The van der Waals surface area contributed by atoms with E-state index in [9.17, 15) is 9.59 Å². The fourth-order valence-electron chi connectivity index (χ4n) is 1.95. The van der Waals surface area contributed by atoms with Gasteiger partial charge in [-0.1, -0.05) is 15.9 Å². The first-order chi connectivity index (χ1) is 11.0. The number of benzene rings is 2. The Morgan fingerprint density at radius 1 is 1.00 bits per heavy atom. The number of methoxy groups -OCH3 is 1. The van der Waals surface area contributed by atoms with Crippen LogP contribution in [0.15, 0.2) is 46.9 Å². The maximum absolute atomic E-state index is 11.9. The molecule has 2 rings (SSSR count). The van der Waals surface area contributed by atoms with Gasteiger partial charge in [0.15, 0.2) is 0 Å². The molecule has 0 spiro atoms.